The number of nitrogens with one attached hydrogen (secondary N) is 1. The number of aromatic nitrogens is 2. The van der Waals surface area contributed by atoms with Crippen LogP contribution >= 0.6 is 0 Å². The van der Waals surface area contributed by atoms with Crippen molar-refractivity contribution < 1.29 is 14.6 Å². The first kappa shape index (κ1) is 17.2. The number of rotatable bonds is 7. The summed E-state index contributed by atoms with van der Waals surface area (Å²) in [4.78, 5) is 22.0. The summed E-state index contributed by atoms with van der Waals surface area (Å²) >= 11 is 0. The number of aliphatic carboxylic acids is 1. The third-order valence-electron chi connectivity index (χ3n) is 4.31. The molecule has 0 bridgehead atoms. The lowest BCUT2D eigenvalue weighted by atomic mass is 10.1. The van der Waals surface area contributed by atoms with E-state index >= 15 is 0 Å². The van der Waals surface area contributed by atoms with Crippen molar-refractivity contribution in [2.45, 2.75) is 25.4 Å². The number of carboxylic acids is 1. The number of anilines is 1. The second-order valence-electron chi connectivity index (χ2n) is 6.00. The SMILES string of the molecule is CNc1cncc([C@H]2CCCN2Cc2ccccc2OCC(=O)O)n1. The predicted octanol–water partition coefficient (Wildman–Crippen LogP) is 2.32. The number of benzene rings is 1. The maximum absolute atomic E-state index is 10.8. The van der Waals surface area contributed by atoms with Gasteiger partial charge in [0.2, 0.25) is 0 Å². The van der Waals surface area contributed by atoms with E-state index < -0.39 is 5.97 Å². The van der Waals surface area contributed by atoms with E-state index in [1.54, 1.807) is 6.20 Å². The fourth-order valence-electron chi connectivity index (χ4n) is 3.15. The molecule has 1 aliphatic heterocycles. The van der Waals surface area contributed by atoms with Gasteiger partial charge < -0.3 is 15.2 Å². The van der Waals surface area contributed by atoms with Crippen molar-refractivity contribution in [3.05, 3.63) is 47.9 Å². The summed E-state index contributed by atoms with van der Waals surface area (Å²) in [5, 5.41) is 11.9. The summed E-state index contributed by atoms with van der Waals surface area (Å²) in [5.74, 6) is 0.396. The van der Waals surface area contributed by atoms with Crippen molar-refractivity contribution in [1.29, 1.82) is 0 Å². The van der Waals surface area contributed by atoms with Gasteiger partial charge in [-0.25, -0.2) is 9.78 Å². The Morgan fingerprint density at radius 1 is 1.40 bits per heavy atom. The first-order valence-corrected chi connectivity index (χ1v) is 8.33. The molecule has 0 radical (unpaired) electrons. The van der Waals surface area contributed by atoms with Crippen LogP contribution in [0.25, 0.3) is 0 Å². The summed E-state index contributed by atoms with van der Waals surface area (Å²) in [6.45, 7) is 1.31. The van der Waals surface area contributed by atoms with E-state index in [1.165, 1.54) is 0 Å². The minimum Gasteiger partial charge on any atom is -0.482 e. The average Bonchev–Trinajstić information content (AvgIpc) is 3.09. The molecule has 25 heavy (non-hydrogen) atoms. The van der Waals surface area contributed by atoms with E-state index in [9.17, 15) is 4.79 Å². The minimum atomic E-state index is -0.979. The molecule has 2 aromatic rings. The number of para-hydroxylation sites is 1. The standard InChI is InChI=1S/C18H22N4O3/c1-19-17-10-20-9-14(21-17)15-6-4-8-22(15)11-13-5-2-3-7-16(13)25-12-18(23)24/h2-3,5,7,9-10,15H,4,6,8,11-12H2,1H3,(H,19,21)(H,23,24)/t15-/m1/s1. The lowest BCUT2D eigenvalue weighted by Gasteiger charge is -2.25. The smallest absolute Gasteiger partial charge is 0.341 e. The van der Waals surface area contributed by atoms with Crippen molar-refractivity contribution >= 4 is 11.8 Å². The van der Waals surface area contributed by atoms with E-state index in [0.29, 0.717) is 12.3 Å². The Kier molecular flexibility index (Phi) is 5.45. The summed E-state index contributed by atoms with van der Waals surface area (Å²) in [7, 11) is 1.83. The summed E-state index contributed by atoms with van der Waals surface area (Å²) in [6.07, 6.45) is 5.64. The van der Waals surface area contributed by atoms with Gasteiger partial charge in [-0.15, -0.1) is 0 Å². The molecule has 7 heteroatoms. The van der Waals surface area contributed by atoms with E-state index in [0.717, 1.165) is 36.5 Å². The van der Waals surface area contributed by atoms with Crippen LogP contribution in [0.15, 0.2) is 36.7 Å². The van der Waals surface area contributed by atoms with Gasteiger partial charge in [0, 0.05) is 19.2 Å². The third-order valence-corrected chi connectivity index (χ3v) is 4.31. The third kappa shape index (κ3) is 4.24. The highest BCUT2D eigenvalue weighted by atomic mass is 16.5. The number of likely N-dealkylation sites (tertiary alicyclic amines) is 1. The Bertz CT molecular complexity index is 738. The fourth-order valence-corrected chi connectivity index (χ4v) is 3.15. The first-order chi connectivity index (χ1) is 12.2. The number of nitrogens with zero attached hydrogens (tertiary/aromatic N) is 3. The second-order valence-corrected chi connectivity index (χ2v) is 6.00. The second kappa shape index (κ2) is 7.94. The number of hydrogen-bond acceptors (Lipinski definition) is 6. The van der Waals surface area contributed by atoms with E-state index in [1.807, 2.05) is 37.5 Å². The van der Waals surface area contributed by atoms with Crippen LogP contribution in [0.1, 0.15) is 30.1 Å². The number of carboxylic acid groups (broad SMARTS) is 1. The Labute approximate surface area is 146 Å². The fraction of sp³-hybridized carbons (Fsp3) is 0.389. The molecular formula is C18H22N4O3. The highest BCUT2D eigenvalue weighted by molar-refractivity contribution is 5.68. The van der Waals surface area contributed by atoms with Crippen molar-refractivity contribution in [2.75, 3.05) is 25.5 Å². The maximum Gasteiger partial charge on any atom is 0.341 e. The Morgan fingerprint density at radius 3 is 3.04 bits per heavy atom. The molecule has 2 N–H and O–H groups in total. The molecule has 2 heterocycles. The molecule has 1 aliphatic rings. The summed E-state index contributed by atoms with van der Waals surface area (Å²) < 4.78 is 5.42. The molecule has 1 atom stereocenters. The molecule has 1 aromatic carbocycles. The molecular weight excluding hydrogens is 320 g/mol. The van der Waals surface area contributed by atoms with Gasteiger partial charge in [0.15, 0.2) is 6.61 Å². The lowest BCUT2D eigenvalue weighted by Crippen LogP contribution is -2.24. The highest BCUT2D eigenvalue weighted by Crippen LogP contribution is 2.33. The lowest BCUT2D eigenvalue weighted by molar-refractivity contribution is -0.139. The molecule has 1 aromatic heterocycles. The number of carbonyl (C=O) groups is 1. The van der Waals surface area contributed by atoms with Crippen molar-refractivity contribution in [1.82, 2.24) is 14.9 Å². The van der Waals surface area contributed by atoms with Gasteiger partial charge in [0.25, 0.3) is 0 Å². The molecule has 3 rings (SSSR count). The van der Waals surface area contributed by atoms with Gasteiger partial charge in [-0.1, -0.05) is 18.2 Å². The Morgan fingerprint density at radius 2 is 2.24 bits per heavy atom. The largest absolute Gasteiger partial charge is 0.482 e. The average molecular weight is 342 g/mol. The van der Waals surface area contributed by atoms with E-state index in [4.69, 9.17) is 9.84 Å². The molecule has 0 amide bonds. The normalized spacial score (nSPS) is 17.4. The zero-order valence-electron chi connectivity index (χ0n) is 14.2. The van der Waals surface area contributed by atoms with Crippen LogP contribution in [0.5, 0.6) is 5.75 Å². The van der Waals surface area contributed by atoms with Crippen LogP contribution in [0.3, 0.4) is 0 Å². The molecule has 7 nitrogen and oxygen atoms in total. The quantitative estimate of drug-likeness (QED) is 0.798. The van der Waals surface area contributed by atoms with Crippen LogP contribution < -0.4 is 10.1 Å². The molecule has 1 fully saturated rings. The maximum atomic E-state index is 10.8. The molecule has 0 unspecified atom stereocenters. The van der Waals surface area contributed by atoms with Gasteiger partial charge >= 0.3 is 5.97 Å². The van der Waals surface area contributed by atoms with E-state index in [2.05, 4.69) is 20.2 Å². The van der Waals surface area contributed by atoms with Crippen molar-refractivity contribution in [3.8, 4) is 5.75 Å². The molecule has 0 aliphatic carbocycles. The van der Waals surface area contributed by atoms with Gasteiger partial charge in [-0.3, -0.25) is 9.88 Å². The van der Waals surface area contributed by atoms with Crippen LogP contribution in [0.2, 0.25) is 0 Å². The molecule has 132 valence electrons. The van der Waals surface area contributed by atoms with Crippen molar-refractivity contribution in [2.24, 2.45) is 0 Å². The predicted molar refractivity (Wildman–Crippen MR) is 93.5 cm³/mol. The zero-order chi connectivity index (χ0) is 17.6. The zero-order valence-corrected chi connectivity index (χ0v) is 14.2. The van der Waals surface area contributed by atoms with Crippen LogP contribution in [-0.2, 0) is 11.3 Å². The van der Waals surface area contributed by atoms with E-state index in [-0.39, 0.29) is 12.6 Å². The monoisotopic (exact) mass is 342 g/mol. The minimum absolute atomic E-state index is 0.202. The summed E-state index contributed by atoms with van der Waals surface area (Å²) in [6, 6.07) is 7.78. The molecule has 0 saturated carbocycles. The van der Waals surface area contributed by atoms with Crippen LogP contribution in [0, 0.1) is 0 Å². The van der Waals surface area contributed by atoms with Crippen LogP contribution in [-0.4, -0.2) is 46.1 Å². The van der Waals surface area contributed by atoms with Gasteiger partial charge in [0.05, 0.1) is 24.1 Å². The summed E-state index contributed by atoms with van der Waals surface area (Å²) in [5.41, 5.74) is 1.93. The Balaban J connectivity index is 1.76. The van der Waals surface area contributed by atoms with Crippen molar-refractivity contribution in [3.63, 3.8) is 0 Å². The van der Waals surface area contributed by atoms with Crippen LogP contribution in [0.4, 0.5) is 5.82 Å². The topological polar surface area (TPSA) is 87.6 Å². The first-order valence-electron chi connectivity index (χ1n) is 8.33. The van der Waals surface area contributed by atoms with Gasteiger partial charge in [-0.05, 0) is 25.5 Å². The van der Waals surface area contributed by atoms with Gasteiger partial charge in [0.1, 0.15) is 11.6 Å². The molecule has 1 saturated heterocycles. The molecule has 0 spiro atoms. The number of hydrogen-bond donors (Lipinski definition) is 2. The van der Waals surface area contributed by atoms with Gasteiger partial charge in [-0.2, -0.15) is 0 Å². The Hall–Kier alpha value is -2.67. The number of ether oxygens (including phenoxy) is 1. The highest BCUT2D eigenvalue weighted by Gasteiger charge is 2.28.